The van der Waals surface area contributed by atoms with Crippen LogP contribution in [0.1, 0.15) is 16.1 Å². The Morgan fingerprint density at radius 3 is 3.06 bits per heavy atom. The summed E-state index contributed by atoms with van der Waals surface area (Å²) in [5.74, 6) is -0.267. The van der Waals surface area contributed by atoms with Crippen LogP contribution in [0.5, 0.6) is 0 Å². The molecule has 2 aromatic rings. The third kappa shape index (κ3) is 2.76. The number of nitrogens with zero attached hydrogens (tertiary/aromatic N) is 1. The van der Waals surface area contributed by atoms with Crippen molar-refractivity contribution in [1.29, 1.82) is 0 Å². The van der Waals surface area contributed by atoms with Crippen LogP contribution >= 0.6 is 11.6 Å². The number of carbonyl (C=O) groups excluding carboxylic acids is 1. The largest absolute Gasteiger partial charge is 0.399 e. The minimum Gasteiger partial charge on any atom is -0.399 e. The van der Waals surface area contributed by atoms with Gasteiger partial charge >= 0.3 is 0 Å². The van der Waals surface area contributed by atoms with E-state index in [9.17, 15) is 4.79 Å². The Morgan fingerprint density at radius 1 is 1.53 bits per heavy atom. The minimum absolute atomic E-state index is 0.267. The quantitative estimate of drug-likeness (QED) is 0.723. The number of nitrogens with one attached hydrogen (secondary N) is 2. The van der Waals surface area contributed by atoms with E-state index in [1.807, 2.05) is 0 Å². The number of carbonyl (C=O) groups is 1. The van der Waals surface area contributed by atoms with Crippen molar-refractivity contribution in [2.75, 3.05) is 5.73 Å². The molecule has 0 saturated heterocycles. The molecule has 0 fully saturated rings. The highest BCUT2D eigenvalue weighted by atomic mass is 35.5. The first-order valence-corrected chi connectivity index (χ1v) is 5.35. The number of hydrogen-bond donors (Lipinski definition) is 3. The lowest BCUT2D eigenvalue weighted by Gasteiger charge is -2.06. The molecule has 4 N–H and O–H groups in total. The van der Waals surface area contributed by atoms with Crippen molar-refractivity contribution in [3.63, 3.8) is 0 Å². The first-order chi connectivity index (χ1) is 8.16. The highest BCUT2D eigenvalue weighted by molar-refractivity contribution is 6.34. The van der Waals surface area contributed by atoms with Gasteiger partial charge in [0.25, 0.3) is 5.91 Å². The summed E-state index contributed by atoms with van der Waals surface area (Å²) in [5, 5.41) is 3.10. The van der Waals surface area contributed by atoms with Crippen LogP contribution in [-0.2, 0) is 6.54 Å². The summed E-state index contributed by atoms with van der Waals surface area (Å²) >= 11 is 5.92. The fraction of sp³-hybridized carbons (Fsp3) is 0.0909. The normalized spacial score (nSPS) is 10.2. The van der Waals surface area contributed by atoms with Crippen molar-refractivity contribution >= 4 is 23.2 Å². The lowest BCUT2D eigenvalue weighted by Crippen LogP contribution is -2.23. The Kier molecular flexibility index (Phi) is 3.30. The molecule has 6 heteroatoms. The van der Waals surface area contributed by atoms with Crippen molar-refractivity contribution in [2.24, 2.45) is 0 Å². The molecule has 1 aromatic carbocycles. The standard InChI is InChI=1S/C11H11ClN4O/c12-10-2-1-7(13)3-9(10)11(17)15-5-8-4-14-6-16-8/h1-4,6H,5,13H2,(H,14,16)(H,15,17). The molecule has 1 aromatic heterocycles. The number of nitrogen functional groups attached to an aromatic ring is 1. The number of H-pyrrole nitrogens is 1. The van der Waals surface area contributed by atoms with Crippen molar-refractivity contribution < 1.29 is 4.79 Å². The maximum atomic E-state index is 11.8. The molecule has 0 atom stereocenters. The average molecular weight is 251 g/mol. The van der Waals surface area contributed by atoms with Crippen LogP contribution in [0.4, 0.5) is 5.69 Å². The number of aromatic amines is 1. The van der Waals surface area contributed by atoms with E-state index in [2.05, 4.69) is 15.3 Å². The second-order valence-electron chi connectivity index (χ2n) is 3.50. The molecule has 0 aliphatic carbocycles. The molecule has 0 aliphatic rings. The third-order valence-electron chi connectivity index (χ3n) is 2.23. The summed E-state index contributed by atoms with van der Waals surface area (Å²) in [5.41, 5.74) is 7.29. The van der Waals surface area contributed by atoms with Crippen LogP contribution in [-0.4, -0.2) is 15.9 Å². The number of hydrogen-bond acceptors (Lipinski definition) is 3. The van der Waals surface area contributed by atoms with Gasteiger partial charge in [0.1, 0.15) is 0 Å². The summed E-state index contributed by atoms with van der Waals surface area (Å²) < 4.78 is 0. The zero-order valence-corrected chi connectivity index (χ0v) is 9.66. The Hall–Kier alpha value is -2.01. The van der Waals surface area contributed by atoms with E-state index in [0.717, 1.165) is 5.69 Å². The number of anilines is 1. The molecular formula is C11H11ClN4O. The van der Waals surface area contributed by atoms with E-state index in [1.54, 1.807) is 30.7 Å². The lowest BCUT2D eigenvalue weighted by molar-refractivity contribution is 0.0950. The summed E-state index contributed by atoms with van der Waals surface area (Å²) in [7, 11) is 0. The van der Waals surface area contributed by atoms with Crippen molar-refractivity contribution in [2.45, 2.75) is 6.54 Å². The van der Waals surface area contributed by atoms with Gasteiger partial charge in [-0.15, -0.1) is 0 Å². The van der Waals surface area contributed by atoms with E-state index in [-0.39, 0.29) is 5.91 Å². The van der Waals surface area contributed by atoms with Gasteiger partial charge < -0.3 is 16.0 Å². The first-order valence-electron chi connectivity index (χ1n) is 4.97. The molecule has 2 rings (SSSR count). The van der Waals surface area contributed by atoms with Gasteiger partial charge in [-0.3, -0.25) is 4.79 Å². The molecule has 0 bridgehead atoms. The van der Waals surface area contributed by atoms with Gasteiger partial charge in [-0.05, 0) is 18.2 Å². The van der Waals surface area contributed by atoms with Crippen molar-refractivity contribution in [1.82, 2.24) is 15.3 Å². The Labute approximate surface area is 103 Å². The lowest BCUT2D eigenvalue weighted by atomic mass is 10.2. The molecule has 0 spiro atoms. The van der Waals surface area contributed by atoms with E-state index in [4.69, 9.17) is 17.3 Å². The van der Waals surface area contributed by atoms with Gasteiger partial charge in [-0.25, -0.2) is 4.98 Å². The van der Waals surface area contributed by atoms with Crippen molar-refractivity contribution in [3.8, 4) is 0 Å². The number of nitrogens with two attached hydrogens (primary N) is 1. The van der Waals surface area contributed by atoms with E-state index in [0.29, 0.717) is 22.8 Å². The zero-order chi connectivity index (χ0) is 12.3. The van der Waals surface area contributed by atoms with E-state index >= 15 is 0 Å². The molecule has 88 valence electrons. The summed E-state index contributed by atoms with van der Waals surface area (Å²) in [6, 6.07) is 4.79. The highest BCUT2D eigenvalue weighted by Gasteiger charge is 2.10. The van der Waals surface area contributed by atoms with Crippen LogP contribution in [0.3, 0.4) is 0 Å². The average Bonchev–Trinajstić information content (AvgIpc) is 2.82. The van der Waals surface area contributed by atoms with Gasteiger partial charge in [0.05, 0.1) is 29.2 Å². The maximum Gasteiger partial charge on any atom is 0.253 e. The van der Waals surface area contributed by atoms with Crippen LogP contribution < -0.4 is 11.1 Å². The van der Waals surface area contributed by atoms with Gasteiger partial charge in [0.2, 0.25) is 0 Å². The highest BCUT2D eigenvalue weighted by Crippen LogP contribution is 2.18. The van der Waals surface area contributed by atoms with Crippen LogP contribution in [0, 0.1) is 0 Å². The van der Waals surface area contributed by atoms with Crippen LogP contribution in [0.2, 0.25) is 5.02 Å². The van der Waals surface area contributed by atoms with Crippen LogP contribution in [0.25, 0.3) is 0 Å². The van der Waals surface area contributed by atoms with E-state index in [1.165, 1.54) is 0 Å². The van der Waals surface area contributed by atoms with Gasteiger partial charge in [-0.2, -0.15) is 0 Å². The SMILES string of the molecule is Nc1ccc(Cl)c(C(=O)NCc2cnc[nH]2)c1. The molecule has 1 amide bonds. The maximum absolute atomic E-state index is 11.8. The van der Waals surface area contributed by atoms with Gasteiger partial charge in [0.15, 0.2) is 0 Å². The number of aromatic nitrogens is 2. The minimum atomic E-state index is -0.267. The third-order valence-corrected chi connectivity index (χ3v) is 2.56. The zero-order valence-electron chi connectivity index (χ0n) is 8.90. The fourth-order valence-corrected chi connectivity index (χ4v) is 1.57. The second kappa shape index (κ2) is 4.88. The van der Waals surface area contributed by atoms with Crippen molar-refractivity contribution in [3.05, 3.63) is 47.0 Å². The number of imidazole rings is 1. The molecule has 0 unspecified atom stereocenters. The topological polar surface area (TPSA) is 83.8 Å². The smallest absolute Gasteiger partial charge is 0.253 e. The van der Waals surface area contributed by atoms with E-state index < -0.39 is 0 Å². The fourth-order valence-electron chi connectivity index (χ4n) is 1.37. The molecule has 17 heavy (non-hydrogen) atoms. The molecule has 5 nitrogen and oxygen atoms in total. The Bertz CT molecular complexity index is 524. The first kappa shape index (κ1) is 11.5. The number of rotatable bonds is 3. The monoisotopic (exact) mass is 250 g/mol. The van der Waals surface area contributed by atoms with Crippen LogP contribution in [0.15, 0.2) is 30.7 Å². The summed E-state index contributed by atoms with van der Waals surface area (Å²) in [6.45, 7) is 0.365. The Morgan fingerprint density at radius 2 is 2.35 bits per heavy atom. The second-order valence-corrected chi connectivity index (χ2v) is 3.91. The number of benzene rings is 1. The molecule has 1 heterocycles. The molecule has 0 radical (unpaired) electrons. The number of amides is 1. The van der Waals surface area contributed by atoms with Gasteiger partial charge in [-0.1, -0.05) is 11.6 Å². The Balaban J connectivity index is 2.07. The number of halogens is 1. The predicted molar refractivity (Wildman–Crippen MR) is 65.6 cm³/mol. The summed E-state index contributed by atoms with van der Waals surface area (Å²) in [6.07, 6.45) is 3.19. The molecule has 0 saturated carbocycles. The summed E-state index contributed by atoms with van der Waals surface area (Å²) in [4.78, 5) is 18.6. The van der Waals surface area contributed by atoms with Gasteiger partial charge in [0, 0.05) is 11.9 Å². The molecule has 0 aliphatic heterocycles. The predicted octanol–water partition coefficient (Wildman–Crippen LogP) is 1.58. The molecular weight excluding hydrogens is 240 g/mol.